The molecule has 1 aliphatic heterocycles. The first kappa shape index (κ1) is 17.2. The molecule has 8 heteroatoms. The molecule has 1 atom stereocenters. The van der Waals surface area contributed by atoms with Crippen molar-refractivity contribution in [2.45, 2.75) is 4.90 Å². The maximum atomic E-state index is 12.8. The van der Waals surface area contributed by atoms with Gasteiger partial charge in [-0.1, -0.05) is 41.4 Å². The van der Waals surface area contributed by atoms with E-state index >= 15 is 0 Å². The summed E-state index contributed by atoms with van der Waals surface area (Å²) >= 11 is 11.8. The van der Waals surface area contributed by atoms with Gasteiger partial charge in [-0.2, -0.15) is 9.69 Å². The minimum absolute atomic E-state index is 0.00532. The summed E-state index contributed by atoms with van der Waals surface area (Å²) in [5, 5.41) is 9.71. The second-order valence-electron chi connectivity index (χ2n) is 4.86. The molecule has 0 saturated carbocycles. The Morgan fingerprint density at radius 2 is 1.72 bits per heavy atom. The van der Waals surface area contributed by atoms with Gasteiger partial charge in [-0.15, -0.1) is 0 Å². The number of aromatic hydroxyl groups is 1. The number of aliphatic imine (C=N–C) groups is 1. The summed E-state index contributed by atoms with van der Waals surface area (Å²) in [6.45, 7) is 14.4. The first-order valence-electron chi connectivity index (χ1n) is 6.75. The number of fused-ring (bicyclic) bond motifs is 1. The van der Waals surface area contributed by atoms with E-state index in [9.17, 15) is 9.32 Å². The molecule has 0 aromatic heterocycles. The van der Waals surface area contributed by atoms with Gasteiger partial charge in [0.1, 0.15) is 34.6 Å². The van der Waals surface area contributed by atoms with Crippen molar-refractivity contribution >= 4 is 50.3 Å². The van der Waals surface area contributed by atoms with Gasteiger partial charge in [0, 0.05) is 0 Å². The molecule has 1 unspecified atom stereocenters. The summed E-state index contributed by atoms with van der Waals surface area (Å²) in [5.74, 6) is -0.491. The topological polar surface area (TPSA) is 58.4 Å². The summed E-state index contributed by atoms with van der Waals surface area (Å²) in [7, 11) is -1.65. The van der Waals surface area contributed by atoms with Gasteiger partial charge in [0.15, 0.2) is 5.75 Å². The van der Waals surface area contributed by atoms with Crippen molar-refractivity contribution in [3.63, 3.8) is 0 Å². The van der Waals surface area contributed by atoms with Crippen molar-refractivity contribution in [2.75, 3.05) is 0 Å². The van der Waals surface area contributed by atoms with Crippen LogP contribution in [0.2, 0.25) is 10.0 Å². The number of rotatable bonds is 1. The molecule has 1 aliphatic rings. The molecular formula is C17H7Cl2N3O2S. The van der Waals surface area contributed by atoms with E-state index in [0.29, 0.717) is 10.5 Å². The summed E-state index contributed by atoms with van der Waals surface area (Å²) in [6.07, 6.45) is 0. The molecule has 1 heterocycles. The molecule has 3 rings (SSSR count). The Hall–Kier alpha value is -2.64. The number of phenols is 1. The standard InChI is InChI=1S/C17H7Cl2N3O2S/c1-20-16(21-2)14-10-5-3-4-6-13(10)25(24)17(14)22-9-7-11(18)15(23)12(19)8-9/h3-8,23H. The number of nitrogens with zero attached hydrogens (tertiary/aromatic N) is 3. The van der Waals surface area contributed by atoms with Crippen molar-refractivity contribution in [3.8, 4) is 5.75 Å². The molecule has 0 radical (unpaired) electrons. The second kappa shape index (κ2) is 6.70. The van der Waals surface area contributed by atoms with Crippen LogP contribution in [0.5, 0.6) is 5.75 Å². The van der Waals surface area contributed by atoms with Crippen molar-refractivity contribution in [2.24, 2.45) is 4.99 Å². The number of hydrogen-bond acceptors (Lipinski definition) is 3. The third kappa shape index (κ3) is 2.92. The lowest BCUT2D eigenvalue weighted by atomic mass is 10.1. The Morgan fingerprint density at radius 3 is 2.32 bits per heavy atom. The van der Waals surface area contributed by atoms with Gasteiger partial charge in [-0.3, -0.25) is 0 Å². The summed E-state index contributed by atoms with van der Waals surface area (Å²) in [4.78, 5) is 11.3. The summed E-state index contributed by atoms with van der Waals surface area (Å²) in [5.41, 5.74) is 1.03. The molecule has 0 bridgehead atoms. The van der Waals surface area contributed by atoms with E-state index < -0.39 is 10.8 Å². The van der Waals surface area contributed by atoms with E-state index in [4.69, 9.17) is 36.3 Å². The van der Waals surface area contributed by atoms with Gasteiger partial charge in [-0.25, -0.2) is 9.20 Å². The second-order valence-corrected chi connectivity index (χ2v) is 7.04. The predicted molar refractivity (Wildman–Crippen MR) is 98.2 cm³/mol. The molecule has 25 heavy (non-hydrogen) atoms. The zero-order valence-corrected chi connectivity index (χ0v) is 14.7. The minimum Gasteiger partial charge on any atom is -0.505 e. The lowest BCUT2D eigenvalue weighted by Gasteiger charge is -2.03. The Balaban J connectivity index is 2.29. The number of halogens is 2. The maximum absolute atomic E-state index is 12.8. The van der Waals surface area contributed by atoms with Gasteiger partial charge in [-0.05, 0) is 23.8 Å². The van der Waals surface area contributed by atoms with Gasteiger partial charge in [0.2, 0.25) is 0 Å². The maximum Gasteiger partial charge on any atom is 0.530 e. The highest BCUT2D eigenvalue weighted by molar-refractivity contribution is 8.02. The largest absolute Gasteiger partial charge is 0.530 e. The van der Waals surface area contributed by atoms with Crippen LogP contribution in [0.4, 0.5) is 5.69 Å². The van der Waals surface area contributed by atoms with Crippen LogP contribution < -0.4 is 0 Å². The smallest absolute Gasteiger partial charge is 0.505 e. The van der Waals surface area contributed by atoms with Gasteiger partial charge in [0.05, 0.1) is 20.6 Å². The van der Waals surface area contributed by atoms with Crippen LogP contribution in [0.15, 0.2) is 52.1 Å². The van der Waals surface area contributed by atoms with E-state index in [1.807, 2.05) is 0 Å². The fourth-order valence-electron chi connectivity index (χ4n) is 2.33. The summed E-state index contributed by atoms with van der Waals surface area (Å²) < 4.78 is 12.8. The molecule has 0 spiro atoms. The van der Waals surface area contributed by atoms with Crippen LogP contribution in [-0.2, 0) is 10.8 Å². The predicted octanol–water partition coefficient (Wildman–Crippen LogP) is 5.06. The third-order valence-electron chi connectivity index (χ3n) is 3.41. The first-order chi connectivity index (χ1) is 12.0. The molecule has 2 aromatic rings. The van der Waals surface area contributed by atoms with Crippen LogP contribution in [0.25, 0.3) is 15.3 Å². The molecule has 1 N–H and O–H groups in total. The monoisotopic (exact) mass is 387 g/mol. The van der Waals surface area contributed by atoms with Crippen molar-refractivity contribution in [3.05, 3.63) is 80.7 Å². The Labute approximate surface area is 155 Å². The third-order valence-corrected chi connectivity index (χ3v) is 5.39. The van der Waals surface area contributed by atoms with E-state index in [-0.39, 0.29) is 37.9 Å². The molecule has 0 amide bonds. The fourth-order valence-corrected chi connectivity index (χ4v) is 4.16. The van der Waals surface area contributed by atoms with Gasteiger partial charge < -0.3 is 5.11 Å². The molecule has 122 valence electrons. The minimum atomic E-state index is -1.65. The summed E-state index contributed by atoms with van der Waals surface area (Å²) in [6, 6.07) is 9.54. The molecule has 5 nitrogen and oxygen atoms in total. The highest BCUT2D eigenvalue weighted by Gasteiger charge is 2.36. The Bertz CT molecular complexity index is 1040. The average Bonchev–Trinajstić information content (AvgIpc) is 2.87. The molecule has 0 saturated heterocycles. The quantitative estimate of drug-likeness (QED) is 0.695. The average molecular weight is 388 g/mol. The number of phenolic OH excluding ortho intramolecular Hbond substituents is 1. The van der Waals surface area contributed by atoms with Crippen LogP contribution in [0.1, 0.15) is 5.56 Å². The van der Waals surface area contributed by atoms with E-state index in [0.717, 1.165) is 0 Å². The first-order valence-corrected chi connectivity index (χ1v) is 8.66. The van der Waals surface area contributed by atoms with Crippen molar-refractivity contribution in [1.82, 2.24) is 0 Å². The highest BCUT2D eigenvalue weighted by atomic mass is 35.5. The lowest BCUT2D eigenvalue weighted by molar-refractivity contribution is 0.476. The zero-order chi connectivity index (χ0) is 18.1. The molecular weight excluding hydrogens is 381 g/mol. The van der Waals surface area contributed by atoms with E-state index in [1.54, 1.807) is 24.3 Å². The molecule has 0 fully saturated rings. The Kier molecular flexibility index (Phi) is 4.61. The van der Waals surface area contributed by atoms with Crippen LogP contribution in [0.3, 0.4) is 0 Å². The zero-order valence-electron chi connectivity index (χ0n) is 12.3. The normalized spacial score (nSPS) is 17.0. The fraction of sp³-hybridized carbons (Fsp3) is 0. The number of hydrogen-bond donors (Lipinski definition) is 1. The van der Waals surface area contributed by atoms with Crippen molar-refractivity contribution in [1.29, 1.82) is 0 Å². The van der Waals surface area contributed by atoms with Crippen molar-refractivity contribution < 1.29 is 9.32 Å². The lowest BCUT2D eigenvalue weighted by Crippen LogP contribution is -2.01. The van der Waals surface area contributed by atoms with Crippen LogP contribution in [0, 0.1) is 13.1 Å². The molecule has 0 aliphatic carbocycles. The SMILES string of the molecule is [C-]#[N+]C([N+]#[C-])=C1C(=Nc2cc(Cl)c(O)c(Cl)c2)S(=O)c2ccccc21. The van der Waals surface area contributed by atoms with E-state index in [1.165, 1.54) is 12.1 Å². The van der Waals surface area contributed by atoms with Gasteiger partial charge >= 0.3 is 5.82 Å². The highest BCUT2D eigenvalue weighted by Crippen LogP contribution is 2.40. The Morgan fingerprint density at radius 1 is 1.12 bits per heavy atom. The number of benzene rings is 2. The molecule has 2 aromatic carbocycles. The van der Waals surface area contributed by atoms with Crippen LogP contribution in [-0.4, -0.2) is 14.4 Å². The van der Waals surface area contributed by atoms with E-state index in [2.05, 4.69) is 14.7 Å². The van der Waals surface area contributed by atoms with Gasteiger partial charge in [0.25, 0.3) is 0 Å². The van der Waals surface area contributed by atoms with Crippen LogP contribution >= 0.6 is 23.2 Å².